The van der Waals surface area contributed by atoms with E-state index in [2.05, 4.69) is 16.0 Å². The summed E-state index contributed by atoms with van der Waals surface area (Å²) in [5.41, 5.74) is 2.90. The Kier molecular flexibility index (Phi) is 2.87. The molecule has 20 heavy (non-hydrogen) atoms. The minimum Gasteiger partial charge on any atom is -0.322 e. The van der Waals surface area contributed by atoms with Gasteiger partial charge in [0.2, 0.25) is 0 Å². The fourth-order valence-electron chi connectivity index (χ4n) is 2.15. The van der Waals surface area contributed by atoms with E-state index in [0.29, 0.717) is 22.4 Å². The molecular weight excluding hydrogens is 258 g/mol. The molecule has 1 fully saturated rings. The van der Waals surface area contributed by atoms with Crippen molar-refractivity contribution in [2.24, 2.45) is 0 Å². The molecule has 6 heteroatoms. The average Bonchev–Trinajstić information content (AvgIpc) is 2.62. The predicted molar refractivity (Wildman–Crippen MR) is 72.4 cm³/mol. The molecule has 1 aromatic rings. The maximum Gasteiger partial charge on any atom is 0.259 e. The topological polar surface area (TPSA) is 87.3 Å². The second-order valence-electron chi connectivity index (χ2n) is 4.83. The molecule has 0 aromatic heterocycles. The molecule has 0 unspecified atom stereocenters. The molecule has 0 atom stereocenters. The Hall–Kier alpha value is -2.47. The summed E-state index contributed by atoms with van der Waals surface area (Å²) in [7, 11) is 0. The lowest BCUT2D eigenvalue weighted by atomic mass is 10.0. The van der Waals surface area contributed by atoms with Crippen LogP contribution < -0.4 is 16.0 Å². The monoisotopic (exact) mass is 271 g/mol. The zero-order valence-corrected chi connectivity index (χ0v) is 10.9. The zero-order chi connectivity index (χ0) is 14.3. The van der Waals surface area contributed by atoms with E-state index in [4.69, 9.17) is 0 Å². The molecule has 2 heterocycles. The van der Waals surface area contributed by atoms with Crippen LogP contribution in [0.3, 0.4) is 0 Å². The summed E-state index contributed by atoms with van der Waals surface area (Å²) in [5, 5.41) is 8.03. The van der Waals surface area contributed by atoms with Crippen LogP contribution in [0.15, 0.2) is 29.3 Å². The van der Waals surface area contributed by atoms with Crippen LogP contribution in [-0.2, 0) is 4.79 Å². The molecule has 3 N–H and O–H groups in total. The summed E-state index contributed by atoms with van der Waals surface area (Å²) >= 11 is 0. The van der Waals surface area contributed by atoms with Crippen LogP contribution in [0.2, 0.25) is 0 Å². The predicted octanol–water partition coefficient (Wildman–Crippen LogP) is 0.428. The number of carbonyl (C=O) groups is 3. The molecule has 0 aliphatic carbocycles. The number of hydrogen-bond donors (Lipinski definition) is 3. The summed E-state index contributed by atoms with van der Waals surface area (Å²) in [6, 6.07) is 4.68. The maximum absolute atomic E-state index is 12.0. The minimum atomic E-state index is -0.431. The number of amides is 3. The van der Waals surface area contributed by atoms with E-state index in [1.54, 1.807) is 19.1 Å². The summed E-state index contributed by atoms with van der Waals surface area (Å²) in [6.45, 7) is 3.25. The standard InChI is InChI=1S/C14H13N3O3/c1-7(8-5-15-6-8)12(18)16-9-2-3-10-11(4-9)14(20)17-13(10)19/h2-4,15H,5-6H2,1H3,(H,16,18)(H,17,19,20). The lowest BCUT2D eigenvalue weighted by Crippen LogP contribution is -2.36. The van der Waals surface area contributed by atoms with Gasteiger partial charge in [-0.2, -0.15) is 0 Å². The molecule has 0 saturated carbocycles. The number of benzene rings is 1. The highest BCUT2D eigenvalue weighted by Crippen LogP contribution is 2.21. The largest absolute Gasteiger partial charge is 0.322 e. The Balaban J connectivity index is 1.83. The van der Waals surface area contributed by atoms with Crippen LogP contribution in [0.4, 0.5) is 5.69 Å². The van der Waals surface area contributed by atoms with Gasteiger partial charge in [0.25, 0.3) is 17.7 Å². The van der Waals surface area contributed by atoms with Gasteiger partial charge < -0.3 is 10.6 Å². The number of imide groups is 1. The molecule has 3 amide bonds. The van der Waals surface area contributed by atoms with Gasteiger partial charge in [-0.25, -0.2) is 0 Å². The molecule has 1 saturated heterocycles. The zero-order valence-electron chi connectivity index (χ0n) is 10.9. The number of carbonyl (C=O) groups excluding carboxylic acids is 3. The summed E-state index contributed by atoms with van der Waals surface area (Å²) in [5.74, 6) is -1.02. The van der Waals surface area contributed by atoms with Crippen molar-refractivity contribution < 1.29 is 14.4 Å². The minimum absolute atomic E-state index is 0.189. The fourth-order valence-corrected chi connectivity index (χ4v) is 2.15. The van der Waals surface area contributed by atoms with Crippen LogP contribution in [0.1, 0.15) is 27.6 Å². The third-order valence-electron chi connectivity index (χ3n) is 3.54. The summed E-state index contributed by atoms with van der Waals surface area (Å²) in [6.07, 6.45) is 0. The van der Waals surface area contributed by atoms with E-state index >= 15 is 0 Å². The van der Waals surface area contributed by atoms with Gasteiger partial charge >= 0.3 is 0 Å². The van der Waals surface area contributed by atoms with Gasteiger partial charge in [-0.3, -0.25) is 19.7 Å². The van der Waals surface area contributed by atoms with Gasteiger partial charge in [-0.05, 0) is 30.7 Å². The second-order valence-corrected chi connectivity index (χ2v) is 4.83. The van der Waals surface area contributed by atoms with Gasteiger partial charge in [0.1, 0.15) is 0 Å². The number of nitrogens with one attached hydrogen (secondary N) is 3. The van der Waals surface area contributed by atoms with E-state index < -0.39 is 11.8 Å². The Labute approximate surface area is 115 Å². The Morgan fingerprint density at radius 1 is 1.15 bits per heavy atom. The normalized spacial score (nSPS) is 16.4. The van der Waals surface area contributed by atoms with Crippen molar-refractivity contribution in [1.82, 2.24) is 10.6 Å². The molecule has 1 aromatic carbocycles. The highest BCUT2D eigenvalue weighted by molar-refractivity contribution is 6.22. The molecule has 0 radical (unpaired) electrons. The number of rotatable bonds is 2. The second kappa shape index (κ2) is 4.57. The molecule has 0 spiro atoms. The van der Waals surface area contributed by atoms with E-state index in [-0.39, 0.29) is 5.91 Å². The SMILES string of the molecule is CC(C(=O)Nc1ccc2c(c1)C(=O)NC2=O)=C1CNC1. The number of anilines is 1. The first-order chi connectivity index (χ1) is 9.56. The third-order valence-corrected chi connectivity index (χ3v) is 3.54. The van der Waals surface area contributed by atoms with Gasteiger partial charge in [0.05, 0.1) is 11.1 Å². The van der Waals surface area contributed by atoms with Crippen LogP contribution in [-0.4, -0.2) is 30.8 Å². The number of fused-ring (bicyclic) bond motifs is 1. The third kappa shape index (κ3) is 2.00. The van der Waals surface area contributed by atoms with Crippen molar-refractivity contribution in [3.05, 3.63) is 40.5 Å². The first kappa shape index (κ1) is 12.6. The molecule has 102 valence electrons. The molecule has 6 nitrogen and oxygen atoms in total. The van der Waals surface area contributed by atoms with E-state index in [1.807, 2.05) is 0 Å². The van der Waals surface area contributed by atoms with E-state index in [0.717, 1.165) is 18.7 Å². The Morgan fingerprint density at radius 2 is 1.85 bits per heavy atom. The Bertz CT molecular complexity index is 670. The molecular formula is C14H13N3O3. The molecule has 3 rings (SSSR count). The first-order valence-electron chi connectivity index (χ1n) is 6.26. The molecule has 2 aliphatic rings. The highest BCUT2D eigenvalue weighted by Gasteiger charge is 2.27. The van der Waals surface area contributed by atoms with Crippen LogP contribution >= 0.6 is 0 Å². The quantitative estimate of drug-likeness (QED) is 0.537. The van der Waals surface area contributed by atoms with Gasteiger partial charge in [-0.15, -0.1) is 0 Å². The maximum atomic E-state index is 12.0. The van der Waals surface area contributed by atoms with Crippen molar-refractivity contribution in [3.63, 3.8) is 0 Å². The molecule has 0 bridgehead atoms. The summed E-state index contributed by atoms with van der Waals surface area (Å²) < 4.78 is 0. The van der Waals surface area contributed by atoms with Crippen molar-refractivity contribution in [3.8, 4) is 0 Å². The highest BCUT2D eigenvalue weighted by atomic mass is 16.2. The van der Waals surface area contributed by atoms with E-state index in [9.17, 15) is 14.4 Å². The first-order valence-corrected chi connectivity index (χ1v) is 6.26. The van der Waals surface area contributed by atoms with Crippen LogP contribution in [0, 0.1) is 0 Å². The van der Waals surface area contributed by atoms with Crippen LogP contribution in [0.5, 0.6) is 0 Å². The van der Waals surface area contributed by atoms with Crippen LogP contribution in [0.25, 0.3) is 0 Å². The van der Waals surface area contributed by atoms with Gasteiger partial charge in [-0.1, -0.05) is 0 Å². The van der Waals surface area contributed by atoms with Crippen molar-refractivity contribution in [2.45, 2.75) is 6.92 Å². The lowest BCUT2D eigenvalue weighted by Gasteiger charge is -2.21. The smallest absolute Gasteiger partial charge is 0.259 e. The Morgan fingerprint density at radius 3 is 2.50 bits per heavy atom. The van der Waals surface area contributed by atoms with Gasteiger partial charge in [0, 0.05) is 24.4 Å². The van der Waals surface area contributed by atoms with Crippen molar-refractivity contribution >= 4 is 23.4 Å². The molecule has 2 aliphatic heterocycles. The summed E-state index contributed by atoms with van der Waals surface area (Å²) in [4.78, 5) is 35.0. The fraction of sp³-hybridized carbons (Fsp3) is 0.214. The lowest BCUT2D eigenvalue weighted by molar-refractivity contribution is -0.112. The van der Waals surface area contributed by atoms with Crippen molar-refractivity contribution in [1.29, 1.82) is 0 Å². The van der Waals surface area contributed by atoms with Crippen molar-refractivity contribution in [2.75, 3.05) is 18.4 Å². The number of hydrogen-bond acceptors (Lipinski definition) is 4. The van der Waals surface area contributed by atoms with Gasteiger partial charge in [0.15, 0.2) is 0 Å². The van der Waals surface area contributed by atoms with E-state index in [1.165, 1.54) is 6.07 Å². The average molecular weight is 271 g/mol.